The number of hydrogen-bond acceptors (Lipinski definition) is 3. The van der Waals surface area contributed by atoms with Crippen LogP contribution in [0.4, 0.5) is 4.39 Å². The van der Waals surface area contributed by atoms with Gasteiger partial charge in [0.25, 0.3) is 0 Å². The molecule has 0 amide bonds. The third kappa shape index (κ3) is 6.38. The van der Waals surface area contributed by atoms with E-state index in [0.717, 1.165) is 24.3 Å². The molecule has 0 fully saturated rings. The lowest BCUT2D eigenvalue weighted by atomic mass is 10.2. The summed E-state index contributed by atoms with van der Waals surface area (Å²) < 4.78 is 18.6. The van der Waals surface area contributed by atoms with Crippen molar-refractivity contribution >= 4 is 0 Å². The predicted molar refractivity (Wildman–Crippen MR) is 89.9 cm³/mol. The second-order valence-electron chi connectivity index (χ2n) is 5.64. The van der Waals surface area contributed by atoms with Gasteiger partial charge in [-0.15, -0.1) is 0 Å². The summed E-state index contributed by atoms with van der Waals surface area (Å²) in [5.41, 5.74) is 1.04. The van der Waals surface area contributed by atoms with E-state index in [9.17, 15) is 9.50 Å². The second-order valence-corrected chi connectivity index (χ2v) is 5.64. The van der Waals surface area contributed by atoms with Gasteiger partial charge in [-0.1, -0.05) is 37.3 Å². The van der Waals surface area contributed by atoms with Crippen LogP contribution in [0, 0.1) is 5.82 Å². The van der Waals surface area contributed by atoms with E-state index in [1.54, 1.807) is 12.1 Å². The molecular formula is C19H24FNO2. The Labute approximate surface area is 137 Å². The predicted octanol–water partition coefficient (Wildman–Crippen LogP) is 3.48. The van der Waals surface area contributed by atoms with E-state index in [-0.39, 0.29) is 12.4 Å². The summed E-state index contributed by atoms with van der Waals surface area (Å²) in [6.07, 6.45) is 0.426. The summed E-state index contributed by atoms with van der Waals surface area (Å²) in [5, 5.41) is 10.2. The second kappa shape index (κ2) is 9.28. The van der Waals surface area contributed by atoms with Crippen LogP contribution in [0.2, 0.25) is 0 Å². The Bertz CT molecular complexity index is 559. The molecule has 0 bridgehead atoms. The van der Waals surface area contributed by atoms with Crippen molar-refractivity contribution in [3.05, 3.63) is 66.0 Å². The van der Waals surface area contributed by atoms with Gasteiger partial charge < -0.3 is 9.84 Å². The maximum Gasteiger partial charge on any atom is 0.123 e. The van der Waals surface area contributed by atoms with Gasteiger partial charge in [0.15, 0.2) is 0 Å². The molecule has 0 radical (unpaired) electrons. The molecule has 0 aliphatic heterocycles. The number of para-hydroxylation sites is 1. The molecule has 0 saturated carbocycles. The van der Waals surface area contributed by atoms with Crippen molar-refractivity contribution in [2.24, 2.45) is 0 Å². The highest BCUT2D eigenvalue weighted by atomic mass is 19.1. The third-order valence-electron chi connectivity index (χ3n) is 3.51. The Balaban J connectivity index is 1.84. The van der Waals surface area contributed by atoms with Gasteiger partial charge in [0.1, 0.15) is 24.3 Å². The van der Waals surface area contributed by atoms with E-state index in [1.807, 2.05) is 30.3 Å². The zero-order valence-corrected chi connectivity index (χ0v) is 13.5. The van der Waals surface area contributed by atoms with E-state index in [1.165, 1.54) is 12.1 Å². The van der Waals surface area contributed by atoms with E-state index in [4.69, 9.17) is 4.74 Å². The number of hydrogen-bond donors (Lipinski definition) is 1. The summed E-state index contributed by atoms with van der Waals surface area (Å²) in [5.74, 6) is 0.527. The van der Waals surface area contributed by atoms with Crippen LogP contribution >= 0.6 is 0 Å². The Kier molecular flexibility index (Phi) is 7.04. The fourth-order valence-corrected chi connectivity index (χ4v) is 2.46. The lowest BCUT2D eigenvalue weighted by Crippen LogP contribution is -2.35. The summed E-state index contributed by atoms with van der Waals surface area (Å²) in [6.45, 7) is 4.45. The highest BCUT2D eigenvalue weighted by Crippen LogP contribution is 2.11. The summed E-state index contributed by atoms with van der Waals surface area (Å²) in [4.78, 5) is 2.16. The maximum atomic E-state index is 13.0. The molecule has 0 aliphatic carbocycles. The van der Waals surface area contributed by atoms with Crippen molar-refractivity contribution in [3.8, 4) is 5.75 Å². The molecule has 3 nitrogen and oxygen atoms in total. The first-order valence-corrected chi connectivity index (χ1v) is 8.00. The number of nitrogens with zero attached hydrogens (tertiary/aromatic N) is 1. The molecular weight excluding hydrogens is 293 g/mol. The minimum absolute atomic E-state index is 0.230. The van der Waals surface area contributed by atoms with Gasteiger partial charge in [-0.3, -0.25) is 4.90 Å². The van der Waals surface area contributed by atoms with Crippen molar-refractivity contribution in [3.63, 3.8) is 0 Å². The molecule has 2 aromatic carbocycles. The highest BCUT2D eigenvalue weighted by molar-refractivity contribution is 5.21. The third-order valence-corrected chi connectivity index (χ3v) is 3.51. The monoisotopic (exact) mass is 317 g/mol. The Morgan fingerprint density at radius 3 is 2.43 bits per heavy atom. The Hall–Kier alpha value is -1.91. The first-order valence-electron chi connectivity index (χ1n) is 8.00. The average molecular weight is 317 g/mol. The average Bonchev–Trinajstić information content (AvgIpc) is 2.56. The van der Waals surface area contributed by atoms with Crippen LogP contribution in [0.25, 0.3) is 0 Å². The van der Waals surface area contributed by atoms with Gasteiger partial charge in [0, 0.05) is 13.1 Å². The first-order chi connectivity index (χ1) is 11.2. The van der Waals surface area contributed by atoms with Crippen molar-refractivity contribution in [1.29, 1.82) is 0 Å². The normalized spacial score (nSPS) is 12.3. The fraction of sp³-hybridized carbons (Fsp3) is 0.368. The molecule has 0 aromatic heterocycles. The molecule has 23 heavy (non-hydrogen) atoms. The Morgan fingerprint density at radius 1 is 1.09 bits per heavy atom. The molecule has 4 heteroatoms. The van der Waals surface area contributed by atoms with Gasteiger partial charge in [0.2, 0.25) is 0 Å². The summed E-state index contributed by atoms with van der Waals surface area (Å²) in [6, 6.07) is 16.0. The molecule has 2 rings (SSSR count). The number of aliphatic hydroxyl groups is 1. The van der Waals surface area contributed by atoms with E-state index >= 15 is 0 Å². The molecule has 0 spiro atoms. The van der Waals surface area contributed by atoms with Crippen LogP contribution in [0.1, 0.15) is 18.9 Å². The van der Waals surface area contributed by atoms with Crippen LogP contribution in [-0.4, -0.2) is 35.8 Å². The first kappa shape index (κ1) is 17.4. The van der Waals surface area contributed by atoms with Gasteiger partial charge in [-0.2, -0.15) is 0 Å². The Morgan fingerprint density at radius 2 is 1.78 bits per heavy atom. The van der Waals surface area contributed by atoms with E-state index < -0.39 is 6.10 Å². The van der Waals surface area contributed by atoms with Crippen LogP contribution in [-0.2, 0) is 6.54 Å². The molecule has 0 saturated heterocycles. The van der Waals surface area contributed by atoms with Gasteiger partial charge >= 0.3 is 0 Å². The highest BCUT2D eigenvalue weighted by Gasteiger charge is 2.12. The smallest absolute Gasteiger partial charge is 0.123 e. The maximum absolute atomic E-state index is 13.0. The zero-order valence-electron chi connectivity index (χ0n) is 13.5. The number of benzene rings is 2. The molecule has 2 aromatic rings. The molecule has 0 aliphatic rings. The van der Waals surface area contributed by atoms with Crippen LogP contribution < -0.4 is 4.74 Å². The lowest BCUT2D eigenvalue weighted by molar-refractivity contribution is 0.0656. The number of rotatable bonds is 9. The van der Waals surface area contributed by atoms with Crippen LogP contribution in [0.5, 0.6) is 5.75 Å². The number of aliphatic hydroxyl groups excluding tert-OH is 1. The quantitative estimate of drug-likeness (QED) is 0.768. The van der Waals surface area contributed by atoms with Crippen LogP contribution in [0.3, 0.4) is 0 Å². The minimum atomic E-state index is -0.567. The standard InChI is InChI=1S/C19H24FNO2/c1-2-12-21(13-16-8-10-17(20)11-9-16)14-18(22)15-23-19-6-4-3-5-7-19/h3-11,18,22H,2,12-15H2,1H3. The van der Waals surface area contributed by atoms with E-state index in [0.29, 0.717) is 13.1 Å². The van der Waals surface area contributed by atoms with Gasteiger partial charge in [-0.25, -0.2) is 4.39 Å². The molecule has 0 heterocycles. The van der Waals surface area contributed by atoms with Gasteiger partial charge in [0.05, 0.1) is 0 Å². The molecule has 124 valence electrons. The molecule has 1 atom stereocenters. The minimum Gasteiger partial charge on any atom is -0.491 e. The fourth-order valence-electron chi connectivity index (χ4n) is 2.46. The molecule has 1 unspecified atom stereocenters. The van der Waals surface area contributed by atoms with Crippen molar-refractivity contribution in [2.75, 3.05) is 19.7 Å². The lowest BCUT2D eigenvalue weighted by Gasteiger charge is -2.24. The number of halogens is 1. The molecule has 1 N–H and O–H groups in total. The van der Waals surface area contributed by atoms with Crippen molar-refractivity contribution in [2.45, 2.75) is 26.0 Å². The van der Waals surface area contributed by atoms with Gasteiger partial charge in [-0.05, 0) is 42.8 Å². The largest absolute Gasteiger partial charge is 0.491 e. The van der Waals surface area contributed by atoms with Crippen LogP contribution in [0.15, 0.2) is 54.6 Å². The summed E-state index contributed by atoms with van der Waals surface area (Å²) in [7, 11) is 0. The number of ether oxygens (including phenoxy) is 1. The van der Waals surface area contributed by atoms with Crippen molar-refractivity contribution < 1.29 is 14.2 Å². The SMILES string of the molecule is CCCN(Cc1ccc(F)cc1)CC(O)COc1ccccc1. The summed E-state index contributed by atoms with van der Waals surface area (Å²) >= 11 is 0. The topological polar surface area (TPSA) is 32.7 Å². The zero-order chi connectivity index (χ0) is 16.5. The van der Waals surface area contributed by atoms with E-state index in [2.05, 4.69) is 11.8 Å². The van der Waals surface area contributed by atoms with Crippen molar-refractivity contribution in [1.82, 2.24) is 4.90 Å².